The summed E-state index contributed by atoms with van der Waals surface area (Å²) in [5.74, 6) is 0.729. The van der Waals surface area contributed by atoms with Crippen molar-refractivity contribution in [3.63, 3.8) is 0 Å². The largest absolute Gasteiger partial charge is 0.279 e. The molecular weight excluding hydrogens is 226 g/mol. The van der Waals surface area contributed by atoms with E-state index in [4.69, 9.17) is 23.8 Å². The lowest BCUT2D eigenvalue weighted by Crippen LogP contribution is -1.88. The number of nitrogens with one attached hydrogen (secondary N) is 1. The first-order valence-corrected chi connectivity index (χ1v) is 5.21. The number of aromatic nitrogens is 3. The van der Waals surface area contributed by atoms with Gasteiger partial charge in [0.1, 0.15) is 0 Å². The first-order valence-electron chi connectivity index (χ1n) is 3.55. The number of hydrogen-bond donors (Lipinski definition) is 1. The highest BCUT2D eigenvalue weighted by molar-refractivity contribution is 7.71. The normalized spacial score (nSPS) is 10.6. The Labute approximate surface area is 89.0 Å². The van der Waals surface area contributed by atoms with Crippen LogP contribution in [-0.4, -0.2) is 14.8 Å². The first-order chi connectivity index (χ1) is 6.18. The Morgan fingerprint density at radius 1 is 1.69 bits per heavy atom. The van der Waals surface area contributed by atoms with Crippen molar-refractivity contribution in [2.24, 2.45) is 7.05 Å². The Kier molecular flexibility index (Phi) is 2.23. The van der Waals surface area contributed by atoms with Gasteiger partial charge < -0.3 is 0 Å². The molecule has 0 radical (unpaired) electrons. The van der Waals surface area contributed by atoms with Crippen molar-refractivity contribution in [3.8, 4) is 10.7 Å². The zero-order valence-corrected chi connectivity index (χ0v) is 9.13. The molecule has 0 aliphatic heterocycles. The molecule has 0 atom stereocenters. The van der Waals surface area contributed by atoms with Gasteiger partial charge in [0.25, 0.3) is 0 Å². The standard InChI is InChI=1S/C7H6ClN3S2/c1-11-7(12)9-6(10-11)5-4(8)2-3-13-5/h2-3H,1H3,(H,9,10,12). The van der Waals surface area contributed by atoms with Crippen LogP contribution in [0.1, 0.15) is 0 Å². The summed E-state index contributed by atoms with van der Waals surface area (Å²) in [5, 5.41) is 5.64. The molecule has 0 aliphatic carbocycles. The predicted octanol–water partition coefficient (Wildman–Crippen LogP) is 2.86. The van der Waals surface area contributed by atoms with Gasteiger partial charge in [-0.15, -0.1) is 11.3 Å². The van der Waals surface area contributed by atoms with E-state index in [-0.39, 0.29) is 0 Å². The Hall–Kier alpha value is -0.650. The van der Waals surface area contributed by atoms with Gasteiger partial charge in [-0.2, -0.15) is 4.98 Å². The Morgan fingerprint density at radius 2 is 2.46 bits per heavy atom. The molecule has 2 heterocycles. The van der Waals surface area contributed by atoms with Crippen LogP contribution in [0.5, 0.6) is 0 Å². The molecule has 2 aromatic heterocycles. The molecule has 2 aromatic rings. The Balaban J connectivity index is 2.59. The van der Waals surface area contributed by atoms with Crippen LogP contribution in [0, 0.1) is 4.77 Å². The van der Waals surface area contributed by atoms with Crippen LogP contribution < -0.4 is 0 Å². The summed E-state index contributed by atoms with van der Waals surface area (Å²) in [5.41, 5.74) is 0. The number of hydrogen-bond acceptors (Lipinski definition) is 3. The fraction of sp³-hybridized carbons (Fsp3) is 0.143. The maximum atomic E-state index is 5.94. The molecule has 3 nitrogen and oxygen atoms in total. The molecule has 1 N–H and O–H groups in total. The molecular formula is C7H6ClN3S2. The van der Waals surface area contributed by atoms with Crippen molar-refractivity contribution in [3.05, 3.63) is 21.2 Å². The number of nitrogens with zero attached hydrogens (tertiary/aromatic N) is 2. The quantitative estimate of drug-likeness (QED) is 0.766. The van der Waals surface area contributed by atoms with E-state index in [9.17, 15) is 0 Å². The summed E-state index contributed by atoms with van der Waals surface area (Å²) in [6.07, 6.45) is 0. The molecule has 0 amide bonds. The third-order valence-corrected chi connectivity index (χ3v) is 3.31. The molecule has 2 rings (SSSR count). The SMILES string of the molecule is Cn1[nH]c(-c2sccc2Cl)nc1=S. The molecule has 0 aromatic carbocycles. The third-order valence-electron chi connectivity index (χ3n) is 1.60. The van der Waals surface area contributed by atoms with E-state index in [2.05, 4.69) is 10.1 Å². The molecule has 13 heavy (non-hydrogen) atoms. The average Bonchev–Trinajstić information content (AvgIpc) is 2.60. The van der Waals surface area contributed by atoms with Crippen molar-refractivity contribution in [2.45, 2.75) is 0 Å². The second-order valence-corrected chi connectivity index (χ2v) is 4.20. The van der Waals surface area contributed by atoms with Gasteiger partial charge in [-0.05, 0) is 23.7 Å². The van der Waals surface area contributed by atoms with Crippen molar-refractivity contribution in [1.29, 1.82) is 0 Å². The first kappa shape index (κ1) is 8.93. The van der Waals surface area contributed by atoms with Gasteiger partial charge in [0.05, 0.1) is 9.90 Å². The van der Waals surface area contributed by atoms with Crippen LogP contribution in [0.3, 0.4) is 0 Å². The summed E-state index contributed by atoms with van der Waals surface area (Å²) in [6.45, 7) is 0. The Bertz CT molecular complexity index is 482. The van der Waals surface area contributed by atoms with E-state index in [0.717, 1.165) is 10.7 Å². The lowest BCUT2D eigenvalue weighted by molar-refractivity contribution is 0.756. The maximum Gasteiger partial charge on any atom is 0.216 e. The molecule has 0 saturated carbocycles. The zero-order valence-electron chi connectivity index (χ0n) is 6.74. The predicted molar refractivity (Wildman–Crippen MR) is 56.7 cm³/mol. The van der Waals surface area contributed by atoms with Gasteiger partial charge in [0.2, 0.25) is 4.77 Å². The molecule has 0 fully saturated rings. The van der Waals surface area contributed by atoms with E-state index in [1.54, 1.807) is 4.68 Å². The summed E-state index contributed by atoms with van der Waals surface area (Å²) >= 11 is 12.5. The van der Waals surface area contributed by atoms with E-state index in [0.29, 0.717) is 9.79 Å². The molecule has 0 bridgehead atoms. The number of aromatic amines is 1. The van der Waals surface area contributed by atoms with Gasteiger partial charge in [-0.1, -0.05) is 11.6 Å². The van der Waals surface area contributed by atoms with Crippen LogP contribution in [-0.2, 0) is 7.05 Å². The average molecular weight is 232 g/mol. The van der Waals surface area contributed by atoms with E-state index >= 15 is 0 Å². The smallest absolute Gasteiger partial charge is 0.216 e. The van der Waals surface area contributed by atoms with Gasteiger partial charge in [0.15, 0.2) is 5.82 Å². The van der Waals surface area contributed by atoms with Crippen LogP contribution in [0.2, 0.25) is 5.02 Å². The molecule has 0 saturated heterocycles. The second-order valence-electron chi connectivity index (χ2n) is 2.51. The minimum absolute atomic E-state index is 0.527. The summed E-state index contributed by atoms with van der Waals surface area (Å²) in [4.78, 5) is 5.09. The molecule has 0 spiro atoms. The highest BCUT2D eigenvalue weighted by Crippen LogP contribution is 2.30. The van der Waals surface area contributed by atoms with Crippen LogP contribution in [0.25, 0.3) is 10.7 Å². The zero-order chi connectivity index (χ0) is 9.42. The molecule has 0 unspecified atom stereocenters. The number of aryl methyl sites for hydroxylation is 1. The molecule has 6 heteroatoms. The van der Waals surface area contributed by atoms with E-state index in [1.807, 2.05) is 18.5 Å². The van der Waals surface area contributed by atoms with Crippen molar-refractivity contribution in [2.75, 3.05) is 0 Å². The maximum absolute atomic E-state index is 5.94. The minimum Gasteiger partial charge on any atom is -0.279 e. The number of H-pyrrole nitrogens is 1. The monoisotopic (exact) mass is 231 g/mol. The van der Waals surface area contributed by atoms with Crippen molar-refractivity contribution < 1.29 is 0 Å². The summed E-state index contributed by atoms with van der Waals surface area (Å²) < 4.78 is 2.21. The number of rotatable bonds is 1. The molecule has 0 aliphatic rings. The third kappa shape index (κ3) is 1.54. The van der Waals surface area contributed by atoms with Crippen LogP contribution in [0.15, 0.2) is 11.4 Å². The van der Waals surface area contributed by atoms with Gasteiger partial charge in [0, 0.05) is 7.05 Å². The summed E-state index contributed by atoms with van der Waals surface area (Å²) in [7, 11) is 1.82. The highest BCUT2D eigenvalue weighted by Gasteiger charge is 2.08. The van der Waals surface area contributed by atoms with Gasteiger partial charge in [-0.25, -0.2) is 0 Å². The highest BCUT2D eigenvalue weighted by atomic mass is 35.5. The van der Waals surface area contributed by atoms with E-state index in [1.165, 1.54) is 11.3 Å². The Morgan fingerprint density at radius 3 is 2.92 bits per heavy atom. The fourth-order valence-electron chi connectivity index (χ4n) is 0.967. The van der Waals surface area contributed by atoms with Crippen molar-refractivity contribution >= 4 is 35.2 Å². The summed E-state index contributed by atoms with van der Waals surface area (Å²) in [6, 6.07) is 1.84. The lowest BCUT2D eigenvalue weighted by atomic mass is 10.4. The minimum atomic E-state index is 0.527. The van der Waals surface area contributed by atoms with Crippen LogP contribution >= 0.6 is 35.2 Å². The number of halogens is 1. The topological polar surface area (TPSA) is 33.6 Å². The number of thiophene rings is 1. The lowest BCUT2D eigenvalue weighted by Gasteiger charge is -1.90. The van der Waals surface area contributed by atoms with Gasteiger partial charge >= 0.3 is 0 Å². The van der Waals surface area contributed by atoms with E-state index < -0.39 is 0 Å². The van der Waals surface area contributed by atoms with Crippen molar-refractivity contribution in [1.82, 2.24) is 14.8 Å². The fourth-order valence-corrected chi connectivity index (χ4v) is 2.19. The van der Waals surface area contributed by atoms with Gasteiger partial charge in [-0.3, -0.25) is 9.78 Å². The molecule has 68 valence electrons. The second kappa shape index (κ2) is 3.25. The van der Waals surface area contributed by atoms with Crippen LogP contribution in [0.4, 0.5) is 0 Å².